The van der Waals surface area contributed by atoms with Gasteiger partial charge in [0, 0.05) is 0 Å². The van der Waals surface area contributed by atoms with Crippen LogP contribution < -0.4 is 0 Å². The van der Waals surface area contributed by atoms with E-state index in [0.717, 1.165) is 9.47 Å². The second kappa shape index (κ2) is 10.0. The van der Waals surface area contributed by atoms with Crippen molar-refractivity contribution in [3.05, 3.63) is 0 Å². The molecule has 0 aromatic rings. The molecular weight excluding hydrogens is 731 g/mol. The zero-order chi connectivity index (χ0) is 35.9. The Morgan fingerprint density at radius 2 is 0.581 bits per heavy atom. The third-order valence-corrected chi connectivity index (χ3v) is 5.08. The number of ether oxygens (including phenoxy) is 2. The Morgan fingerprint density at radius 3 is 0.837 bits per heavy atom. The van der Waals surface area contributed by atoms with Crippen LogP contribution in [0.15, 0.2) is 0 Å². The summed E-state index contributed by atoms with van der Waals surface area (Å²) in [5, 5.41) is -8.28. The van der Waals surface area contributed by atoms with E-state index in [2.05, 4.69) is 0 Å². The molecule has 0 aliphatic carbocycles. The third kappa shape index (κ3) is 5.80. The lowest BCUT2D eigenvalue weighted by Gasteiger charge is -2.43. The smallest absolute Gasteiger partial charge is 0.483 e. The minimum atomic E-state index is -9.52. The fourth-order valence-electron chi connectivity index (χ4n) is 1.87. The molecule has 0 aliphatic heterocycles. The Kier molecular flexibility index (Phi) is 9.59. The summed E-state index contributed by atoms with van der Waals surface area (Å²) in [7, 11) is -8.45. The second-order valence-electron chi connectivity index (χ2n) is 7.19. The molecule has 0 rings (SSSR count). The molecule has 0 atom stereocenters. The van der Waals surface area contributed by atoms with Gasteiger partial charge in [-0.15, -0.1) is 0 Å². The van der Waals surface area contributed by atoms with Gasteiger partial charge in [0.25, 0.3) is 0 Å². The van der Waals surface area contributed by atoms with Gasteiger partial charge in [0.2, 0.25) is 0 Å². The predicted octanol–water partition coefficient (Wildman–Crippen LogP) is 6.90. The van der Waals surface area contributed by atoms with Crippen molar-refractivity contribution in [3.63, 3.8) is 0 Å². The van der Waals surface area contributed by atoms with Gasteiger partial charge >= 0.3 is 71.4 Å². The maximum atomic E-state index is 13.5. The van der Waals surface area contributed by atoms with Crippen LogP contribution in [0, 0.1) is 0 Å². The van der Waals surface area contributed by atoms with Crippen molar-refractivity contribution in [2.75, 3.05) is 0 Å². The van der Waals surface area contributed by atoms with Crippen LogP contribution in [0.1, 0.15) is 0 Å². The zero-order valence-electron chi connectivity index (χ0n) is 17.9. The van der Waals surface area contributed by atoms with E-state index in [1.807, 2.05) is 0 Å². The van der Waals surface area contributed by atoms with Gasteiger partial charge in [-0.25, -0.2) is 17.9 Å². The number of halogens is 25. The van der Waals surface area contributed by atoms with E-state index in [1.54, 1.807) is 0 Å². The lowest BCUT2D eigenvalue weighted by atomic mass is 9.91. The molecule has 0 saturated carbocycles. The van der Waals surface area contributed by atoms with Crippen molar-refractivity contribution < 1.29 is 132 Å². The van der Waals surface area contributed by atoms with E-state index in [1.165, 1.54) is 0 Å². The molecule has 260 valence electrons. The first-order valence-corrected chi connectivity index (χ1v) is 9.90. The first-order valence-electron chi connectivity index (χ1n) is 8.50. The van der Waals surface area contributed by atoms with Crippen LogP contribution in [-0.2, 0) is 19.6 Å². The lowest BCUT2D eigenvalue weighted by Crippen LogP contribution is -2.75. The molecule has 0 unspecified atom stereocenters. The monoisotopic (exact) mass is 731 g/mol. The van der Waals surface area contributed by atoms with Gasteiger partial charge in [-0.2, -0.15) is 110 Å². The van der Waals surface area contributed by atoms with Gasteiger partial charge in [-0.3, -0.25) is 0 Å². The SMILES string of the molecule is O=S(=O)([O-])C(F)(F)C(F)(F)C(F)(F)C(F)(F)C(F)(F)C(F)(F)C(F)(F)C(F)(F)OC(F)(F)C(F)(F)OC(F)(F)C(F)(F)F. The summed E-state index contributed by atoms with van der Waals surface area (Å²) < 4.78 is 357. The summed E-state index contributed by atoms with van der Waals surface area (Å²) in [5.41, 5.74) is 0. The molecule has 0 aromatic carbocycles. The second-order valence-corrected chi connectivity index (χ2v) is 8.61. The van der Waals surface area contributed by atoms with Gasteiger partial charge in [0.1, 0.15) is 0 Å². The van der Waals surface area contributed by atoms with Crippen molar-refractivity contribution in [1.82, 2.24) is 0 Å². The molecule has 0 saturated heterocycles. The van der Waals surface area contributed by atoms with Crippen LogP contribution in [-0.4, -0.2) is 84.4 Å². The van der Waals surface area contributed by atoms with E-state index in [4.69, 9.17) is 0 Å². The van der Waals surface area contributed by atoms with Crippen molar-refractivity contribution >= 4 is 10.1 Å². The number of hydrogen-bond acceptors (Lipinski definition) is 5. The van der Waals surface area contributed by atoms with Crippen molar-refractivity contribution in [3.8, 4) is 0 Å². The quantitative estimate of drug-likeness (QED) is 0.152. The van der Waals surface area contributed by atoms with Crippen LogP contribution in [0.4, 0.5) is 110 Å². The fraction of sp³-hybridized carbons (Fsp3) is 1.00. The van der Waals surface area contributed by atoms with Crippen molar-refractivity contribution in [1.29, 1.82) is 0 Å². The molecule has 0 fully saturated rings. The third-order valence-electron chi connectivity index (χ3n) is 4.20. The van der Waals surface area contributed by atoms with Crippen LogP contribution >= 0.6 is 0 Å². The average molecular weight is 731 g/mol. The Labute approximate surface area is 215 Å². The minimum absolute atomic E-state index is 0.833. The Bertz CT molecular complexity index is 1140. The summed E-state index contributed by atoms with van der Waals surface area (Å²) >= 11 is 0. The van der Waals surface area contributed by atoms with E-state index in [-0.39, 0.29) is 0 Å². The highest BCUT2D eigenvalue weighted by Gasteiger charge is 2.96. The van der Waals surface area contributed by atoms with Crippen LogP contribution in [0.3, 0.4) is 0 Å². The molecule has 31 heteroatoms. The molecule has 0 aliphatic rings. The van der Waals surface area contributed by atoms with Crippen LogP contribution in [0.5, 0.6) is 0 Å². The normalized spacial score (nSPS) is 17.0. The first-order chi connectivity index (χ1) is 17.9. The van der Waals surface area contributed by atoms with Crippen molar-refractivity contribution in [2.24, 2.45) is 0 Å². The average Bonchev–Trinajstić information content (AvgIpc) is 2.69. The highest BCUT2D eigenvalue weighted by atomic mass is 32.2. The standard InChI is InChI=1S/C12HF25O5S/c13-1(14,2(15,16)4(19,20)6(23,24)12(36,37)43(38,39)40)3(17,18)5(21,22)8(28,29)41-10(32,33)11(34,35)42-9(30,31)7(25,26)27/h(H,38,39,40)/p-1. The predicted molar refractivity (Wildman–Crippen MR) is 72.3 cm³/mol. The molecule has 0 spiro atoms. The number of rotatable bonds is 13. The summed E-state index contributed by atoms with van der Waals surface area (Å²) in [5.74, 6) is -55.9. The van der Waals surface area contributed by atoms with Crippen LogP contribution in [0.25, 0.3) is 0 Å². The molecule has 0 amide bonds. The first kappa shape index (κ1) is 41.1. The molecule has 0 heterocycles. The summed E-state index contributed by atoms with van der Waals surface area (Å²) in [4.78, 5) is 0. The Morgan fingerprint density at radius 1 is 0.349 bits per heavy atom. The maximum absolute atomic E-state index is 13.5. The molecule has 0 bridgehead atoms. The van der Waals surface area contributed by atoms with E-state index in [9.17, 15) is 123 Å². The molecule has 0 aromatic heterocycles. The molecule has 5 nitrogen and oxygen atoms in total. The fourth-order valence-corrected chi connectivity index (χ4v) is 2.32. The Hall–Kier alpha value is -1.92. The topological polar surface area (TPSA) is 75.7 Å². The zero-order valence-corrected chi connectivity index (χ0v) is 18.7. The van der Waals surface area contributed by atoms with Gasteiger partial charge in [-0.1, -0.05) is 0 Å². The summed E-state index contributed by atoms with van der Waals surface area (Å²) in [6.07, 6.45) is -40.4. The maximum Gasteiger partial charge on any atom is 0.483 e. The highest BCUT2D eigenvalue weighted by molar-refractivity contribution is 7.86. The van der Waals surface area contributed by atoms with Gasteiger partial charge in [0.15, 0.2) is 10.1 Å². The van der Waals surface area contributed by atoms with Crippen LogP contribution in [0.2, 0.25) is 0 Å². The largest absolute Gasteiger partial charge is 0.743 e. The lowest BCUT2D eigenvalue weighted by molar-refractivity contribution is -0.557. The van der Waals surface area contributed by atoms with E-state index in [0.29, 0.717) is 0 Å². The van der Waals surface area contributed by atoms with Gasteiger partial charge < -0.3 is 4.55 Å². The van der Waals surface area contributed by atoms with Gasteiger partial charge in [-0.05, 0) is 0 Å². The summed E-state index contributed by atoms with van der Waals surface area (Å²) in [6.45, 7) is 0. The van der Waals surface area contributed by atoms with Gasteiger partial charge in [0.05, 0.1) is 0 Å². The van der Waals surface area contributed by atoms with Crippen molar-refractivity contribution in [2.45, 2.75) is 71.4 Å². The molecule has 0 radical (unpaired) electrons. The molecular formula is C12F25O5S-. The van der Waals surface area contributed by atoms with E-state index >= 15 is 0 Å². The minimum Gasteiger partial charge on any atom is -0.743 e. The molecule has 0 N–H and O–H groups in total. The highest BCUT2D eigenvalue weighted by Crippen LogP contribution is 2.65. The molecule has 43 heavy (non-hydrogen) atoms. The summed E-state index contributed by atoms with van der Waals surface area (Å²) in [6, 6.07) is 0. The number of hydrogen-bond donors (Lipinski definition) is 0. The Balaban J connectivity index is 7.00. The number of alkyl halides is 25. The van der Waals surface area contributed by atoms with E-state index < -0.39 is 81.5 Å².